The minimum Gasteiger partial charge on any atom is -0.345 e. The lowest BCUT2D eigenvalue weighted by Crippen LogP contribution is -2.28. The van der Waals surface area contributed by atoms with E-state index in [0.717, 1.165) is 23.6 Å². The van der Waals surface area contributed by atoms with Crippen molar-refractivity contribution in [1.29, 1.82) is 0 Å². The summed E-state index contributed by atoms with van der Waals surface area (Å²) in [5, 5.41) is 3.13. The van der Waals surface area contributed by atoms with Gasteiger partial charge in [-0.3, -0.25) is 4.79 Å². The number of carbonyl (C=O) groups excluding carboxylic acids is 1. The van der Waals surface area contributed by atoms with E-state index >= 15 is 0 Å². The smallest absolute Gasteiger partial charge is 0.254 e. The molecule has 0 aliphatic rings. The van der Waals surface area contributed by atoms with E-state index in [0.29, 0.717) is 0 Å². The van der Waals surface area contributed by atoms with Gasteiger partial charge in [-0.05, 0) is 37.1 Å². The van der Waals surface area contributed by atoms with E-state index in [9.17, 15) is 9.18 Å². The van der Waals surface area contributed by atoms with Gasteiger partial charge in [0, 0.05) is 5.02 Å². The predicted molar refractivity (Wildman–Crippen MR) is 83.1 cm³/mol. The molecule has 2 aromatic carbocycles. The number of carbonyl (C=O) groups is 1. The lowest BCUT2D eigenvalue weighted by atomic mass is 10.0. The van der Waals surface area contributed by atoms with E-state index in [2.05, 4.69) is 5.32 Å². The molecule has 0 bridgehead atoms. The Morgan fingerprint density at radius 2 is 1.90 bits per heavy atom. The van der Waals surface area contributed by atoms with Crippen LogP contribution in [0.5, 0.6) is 0 Å². The van der Waals surface area contributed by atoms with Gasteiger partial charge in [-0.1, -0.05) is 48.4 Å². The highest BCUT2D eigenvalue weighted by atomic mass is 35.5. The highest BCUT2D eigenvalue weighted by Gasteiger charge is 2.17. The van der Waals surface area contributed by atoms with Crippen molar-refractivity contribution in [3.05, 3.63) is 70.0 Å². The summed E-state index contributed by atoms with van der Waals surface area (Å²) in [6, 6.07) is 11.8. The number of aryl methyl sites for hydroxylation is 1. The van der Waals surface area contributed by atoms with Crippen molar-refractivity contribution in [1.82, 2.24) is 5.32 Å². The lowest BCUT2D eigenvalue weighted by molar-refractivity contribution is 0.0931. The first-order valence-electron chi connectivity index (χ1n) is 6.83. The average molecular weight is 306 g/mol. The van der Waals surface area contributed by atoms with Crippen LogP contribution in [-0.4, -0.2) is 5.91 Å². The summed E-state index contributed by atoms with van der Waals surface area (Å²) in [4.78, 5) is 12.2. The first kappa shape index (κ1) is 15.5. The second kappa shape index (κ2) is 6.72. The first-order chi connectivity index (χ1) is 10.0. The van der Waals surface area contributed by atoms with Crippen LogP contribution >= 0.6 is 11.6 Å². The number of halogens is 2. The molecule has 0 heterocycles. The van der Waals surface area contributed by atoms with E-state index < -0.39 is 11.7 Å². The molecule has 0 aromatic heterocycles. The Hall–Kier alpha value is -1.87. The lowest BCUT2D eigenvalue weighted by Gasteiger charge is -2.18. The number of hydrogen-bond donors (Lipinski definition) is 1. The van der Waals surface area contributed by atoms with Crippen LogP contribution in [0.2, 0.25) is 5.02 Å². The van der Waals surface area contributed by atoms with Gasteiger partial charge in [0.05, 0.1) is 11.6 Å². The molecule has 1 atom stereocenters. The molecule has 0 saturated carbocycles. The number of benzene rings is 2. The molecule has 0 saturated heterocycles. The Kier molecular flexibility index (Phi) is 4.97. The largest absolute Gasteiger partial charge is 0.345 e. The van der Waals surface area contributed by atoms with Crippen molar-refractivity contribution in [3.63, 3.8) is 0 Å². The molecule has 4 heteroatoms. The average Bonchev–Trinajstić information content (AvgIpc) is 2.45. The third-order valence-corrected chi connectivity index (χ3v) is 3.60. The van der Waals surface area contributed by atoms with Crippen LogP contribution < -0.4 is 5.32 Å². The predicted octanol–water partition coefficient (Wildman–Crippen LogP) is 4.67. The van der Waals surface area contributed by atoms with Crippen molar-refractivity contribution in [2.75, 3.05) is 0 Å². The Labute approximate surface area is 128 Å². The Balaban J connectivity index is 2.18. The summed E-state index contributed by atoms with van der Waals surface area (Å²) in [5.74, 6) is -1.05. The zero-order valence-corrected chi connectivity index (χ0v) is 12.7. The van der Waals surface area contributed by atoms with Gasteiger partial charge in [-0.2, -0.15) is 0 Å². The highest BCUT2D eigenvalue weighted by molar-refractivity contribution is 6.30. The Morgan fingerprint density at radius 1 is 1.24 bits per heavy atom. The monoisotopic (exact) mass is 305 g/mol. The SMILES string of the molecule is CC[C@@H](NC(=O)c1ccc(Cl)cc1F)c1ccc(C)cc1. The second-order valence-electron chi connectivity index (χ2n) is 4.97. The molecule has 0 spiro atoms. The fourth-order valence-corrected chi connectivity index (χ4v) is 2.29. The van der Waals surface area contributed by atoms with Crippen LogP contribution in [0.3, 0.4) is 0 Å². The molecule has 2 aromatic rings. The number of nitrogens with one attached hydrogen (secondary N) is 1. The Bertz CT molecular complexity index is 640. The maximum absolute atomic E-state index is 13.8. The highest BCUT2D eigenvalue weighted by Crippen LogP contribution is 2.19. The van der Waals surface area contributed by atoms with Crippen LogP contribution in [0.1, 0.15) is 40.9 Å². The molecule has 2 nitrogen and oxygen atoms in total. The molecule has 0 aliphatic carbocycles. The van der Waals surface area contributed by atoms with Gasteiger partial charge < -0.3 is 5.32 Å². The van der Waals surface area contributed by atoms with Gasteiger partial charge in [0.1, 0.15) is 5.82 Å². The molecule has 1 amide bonds. The third-order valence-electron chi connectivity index (χ3n) is 3.37. The van der Waals surface area contributed by atoms with E-state index in [1.54, 1.807) is 0 Å². The molecule has 1 N–H and O–H groups in total. The van der Waals surface area contributed by atoms with E-state index in [1.807, 2.05) is 38.1 Å². The molecule has 0 radical (unpaired) electrons. The molecule has 110 valence electrons. The van der Waals surface area contributed by atoms with Gasteiger partial charge in [0.25, 0.3) is 5.91 Å². The standard InChI is InChI=1S/C17H17ClFNO/c1-3-16(12-6-4-11(2)5-7-12)20-17(21)14-9-8-13(18)10-15(14)19/h4-10,16H,3H2,1-2H3,(H,20,21)/t16-/m1/s1. The van der Waals surface area contributed by atoms with E-state index in [4.69, 9.17) is 11.6 Å². The van der Waals surface area contributed by atoms with Crippen molar-refractivity contribution >= 4 is 17.5 Å². The molecule has 2 rings (SSSR count). The zero-order valence-electron chi connectivity index (χ0n) is 12.0. The van der Waals surface area contributed by atoms with Gasteiger partial charge in [0.2, 0.25) is 0 Å². The van der Waals surface area contributed by atoms with Crippen LogP contribution in [0.25, 0.3) is 0 Å². The van der Waals surface area contributed by atoms with Crippen LogP contribution in [0, 0.1) is 12.7 Å². The molecule has 0 fully saturated rings. The molecular formula is C17H17ClFNO. The zero-order chi connectivity index (χ0) is 15.4. The van der Waals surface area contributed by atoms with Gasteiger partial charge >= 0.3 is 0 Å². The van der Waals surface area contributed by atoms with Crippen molar-refractivity contribution in [2.45, 2.75) is 26.3 Å². The fourth-order valence-electron chi connectivity index (χ4n) is 2.13. The molecule has 0 unspecified atom stereocenters. The van der Waals surface area contributed by atoms with Crippen molar-refractivity contribution in [2.24, 2.45) is 0 Å². The van der Waals surface area contributed by atoms with Gasteiger partial charge in [-0.25, -0.2) is 4.39 Å². The second-order valence-corrected chi connectivity index (χ2v) is 5.41. The van der Waals surface area contributed by atoms with Gasteiger partial charge in [-0.15, -0.1) is 0 Å². The summed E-state index contributed by atoms with van der Waals surface area (Å²) in [7, 11) is 0. The van der Waals surface area contributed by atoms with E-state index in [1.165, 1.54) is 12.1 Å². The topological polar surface area (TPSA) is 29.1 Å². The molecule has 21 heavy (non-hydrogen) atoms. The summed E-state index contributed by atoms with van der Waals surface area (Å²) >= 11 is 5.69. The summed E-state index contributed by atoms with van der Waals surface area (Å²) in [6.07, 6.45) is 0.726. The summed E-state index contributed by atoms with van der Waals surface area (Å²) in [5.41, 5.74) is 2.17. The van der Waals surface area contributed by atoms with Crippen LogP contribution in [-0.2, 0) is 0 Å². The van der Waals surface area contributed by atoms with E-state index in [-0.39, 0.29) is 16.6 Å². The quantitative estimate of drug-likeness (QED) is 0.874. The Morgan fingerprint density at radius 3 is 2.48 bits per heavy atom. The maximum Gasteiger partial charge on any atom is 0.254 e. The normalized spacial score (nSPS) is 12.0. The third kappa shape index (κ3) is 3.82. The minimum absolute atomic E-state index is 0.00459. The summed E-state index contributed by atoms with van der Waals surface area (Å²) in [6.45, 7) is 3.98. The van der Waals surface area contributed by atoms with Crippen molar-refractivity contribution < 1.29 is 9.18 Å². The first-order valence-corrected chi connectivity index (χ1v) is 7.21. The molecular weight excluding hydrogens is 289 g/mol. The minimum atomic E-state index is -0.612. The summed E-state index contributed by atoms with van der Waals surface area (Å²) < 4.78 is 13.8. The fraction of sp³-hybridized carbons (Fsp3) is 0.235. The van der Waals surface area contributed by atoms with Crippen LogP contribution in [0.15, 0.2) is 42.5 Å². The number of hydrogen-bond acceptors (Lipinski definition) is 1. The maximum atomic E-state index is 13.8. The molecule has 0 aliphatic heterocycles. The van der Waals surface area contributed by atoms with Crippen molar-refractivity contribution in [3.8, 4) is 0 Å². The number of rotatable bonds is 4. The van der Waals surface area contributed by atoms with Crippen LogP contribution in [0.4, 0.5) is 4.39 Å². The number of amides is 1. The van der Waals surface area contributed by atoms with Gasteiger partial charge in [0.15, 0.2) is 0 Å².